The van der Waals surface area contributed by atoms with Gasteiger partial charge in [-0.1, -0.05) is 11.6 Å². The van der Waals surface area contributed by atoms with E-state index in [4.69, 9.17) is 16.3 Å². The number of ether oxygens (including phenoxy) is 1. The highest BCUT2D eigenvalue weighted by atomic mass is 35.5. The zero-order chi connectivity index (χ0) is 12.3. The van der Waals surface area contributed by atoms with Gasteiger partial charge >= 0.3 is 0 Å². The molecular formula is C12H9ClN2O2. The van der Waals surface area contributed by atoms with Gasteiger partial charge in [-0.05, 0) is 24.3 Å². The molecule has 0 spiro atoms. The summed E-state index contributed by atoms with van der Waals surface area (Å²) in [7, 11) is 1.57. The molecule has 0 radical (unpaired) electrons. The molecule has 86 valence electrons. The van der Waals surface area contributed by atoms with Crippen LogP contribution in [0.25, 0.3) is 0 Å². The maximum absolute atomic E-state index is 12.0. The minimum absolute atomic E-state index is 0.105. The fourth-order valence-corrected chi connectivity index (χ4v) is 1.54. The molecule has 1 aromatic carbocycles. The fraction of sp³-hybridized carbons (Fsp3) is 0.0833. The van der Waals surface area contributed by atoms with Crippen molar-refractivity contribution in [3.63, 3.8) is 0 Å². The summed E-state index contributed by atoms with van der Waals surface area (Å²) in [4.78, 5) is 19.8. The first-order valence-corrected chi connectivity index (χ1v) is 5.25. The smallest absolute Gasteiger partial charge is 0.214 e. The number of rotatable bonds is 3. The van der Waals surface area contributed by atoms with Gasteiger partial charge in [0.15, 0.2) is 5.15 Å². The molecule has 0 N–H and O–H groups in total. The van der Waals surface area contributed by atoms with Crippen molar-refractivity contribution >= 4 is 17.4 Å². The third kappa shape index (κ3) is 2.42. The molecular weight excluding hydrogens is 240 g/mol. The topological polar surface area (TPSA) is 52.1 Å². The molecule has 0 saturated carbocycles. The standard InChI is InChI=1S/C12H9ClN2O2/c1-17-9-4-2-8(3-5-9)11(16)10-12(13)15-7-6-14-10/h2-7H,1H3. The van der Waals surface area contributed by atoms with E-state index in [2.05, 4.69) is 9.97 Å². The van der Waals surface area contributed by atoms with E-state index in [0.717, 1.165) is 0 Å². The van der Waals surface area contributed by atoms with Crippen molar-refractivity contribution in [2.75, 3.05) is 7.11 Å². The molecule has 5 heteroatoms. The Hall–Kier alpha value is -1.94. The zero-order valence-electron chi connectivity index (χ0n) is 9.05. The van der Waals surface area contributed by atoms with E-state index in [1.807, 2.05) is 0 Å². The van der Waals surface area contributed by atoms with Gasteiger partial charge in [0.1, 0.15) is 11.4 Å². The fourth-order valence-electron chi connectivity index (χ4n) is 1.35. The molecule has 2 aromatic rings. The van der Waals surface area contributed by atoms with E-state index in [0.29, 0.717) is 11.3 Å². The van der Waals surface area contributed by atoms with Crippen molar-refractivity contribution in [3.8, 4) is 5.75 Å². The van der Waals surface area contributed by atoms with Crippen LogP contribution in [0.15, 0.2) is 36.7 Å². The summed E-state index contributed by atoms with van der Waals surface area (Å²) in [5.74, 6) is 0.428. The molecule has 1 aromatic heterocycles. The maximum atomic E-state index is 12.0. The number of hydrogen-bond acceptors (Lipinski definition) is 4. The van der Waals surface area contributed by atoms with Crippen LogP contribution in [0.3, 0.4) is 0 Å². The van der Waals surface area contributed by atoms with E-state index < -0.39 is 0 Å². The zero-order valence-corrected chi connectivity index (χ0v) is 9.81. The molecule has 0 bridgehead atoms. The first-order valence-electron chi connectivity index (χ1n) is 4.87. The highest BCUT2D eigenvalue weighted by Gasteiger charge is 2.14. The quantitative estimate of drug-likeness (QED) is 0.783. The van der Waals surface area contributed by atoms with E-state index in [1.54, 1.807) is 31.4 Å². The second-order valence-electron chi connectivity index (χ2n) is 3.25. The predicted octanol–water partition coefficient (Wildman–Crippen LogP) is 2.37. The normalized spacial score (nSPS) is 10.0. The Labute approximate surface area is 103 Å². The van der Waals surface area contributed by atoms with Crippen LogP contribution in [0.5, 0.6) is 5.75 Å². The lowest BCUT2D eigenvalue weighted by molar-refractivity contribution is 0.103. The molecule has 0 atom stereocenters. The lowest BCUT2D eigenvalue weighted by Crippen LogP contribution is -2.05. The Morgan fingerprint density at radius 2 is 1.82 bits per heavy atom. The van der Waals surface area contributed by atoms with Crippen molar-refractivity contribution in [1.82, 2.24) is 9.97 Å². The van der Waals surface area contributed by atoms with Crippen molar-refractivity contribution in [2.45, 2.75) is 0 Å². The molecule has 4 nitrogen and oxygen atoms in total. The van der Waals surface area contributed by atoms with Gasteiger partial charge in [-0.25, -0.2) is 9.97 Å². The van der Waals surface area contributed by atoms with Crippen molar-refractivity contribution in [3.05, 3.63) is 53.1 Å². The van der Waals surface area contributed by atoms with Gasteiger partial charge in [0.25, 0.3) is 0 Å². The van der Waals surface area contributed by atoms with Crippen LogP contribution in [0.1, 0.15) is 16.1 Å². The summed E-state index contributed by atoms with van der Waals surface area (Å²) in [6.07, 6.45) is 2.87. The summed E-state index contributed by atoms with van der Waals surface area (Å²) >= 11 is 5.81. The Bertz CT molecular complexity index is 540. The number of carbonyl (C=O) groups is 1. The number of carbonyl (C=O) groups excluding carboxylic acids is 1. The lowest BCUT2D eigenvalue weighted by atomic mass is 10.1. The van der Waals surface area contributed by atoms with Gasteiger partial charge in [-0.3, -0.25) is 4.79 Å². The molecule has 2 rings (SSSR count). The number of ketones is 1. The minimum atomic E-state index is -0.259. The Morgan fingerprint density at radius 3 is 2.41 bits per heavy atom. The molecule has 1 heterocycles. The van der Waals surface area contributed by atoms with Crippen molar-refractivity contribution < 1.29 is 9.53 Å². The molecule has 0 aliphatic carbocycles. The molecule has 17 heavy (non-hydrogen) atoms. The van der Waals surface area contributed by atoms with Gasteiger partial charge < -0.3 is 4.74 Å². The van der Waals surface area contributed by atoms with Crippen molar-refractivity contribution in [1.29, 1.82) is 0 Å². The summed E-state index contributed by atoms with van der Waals surface area (Å²) in [6, 6.07) is 6.73. The van der Waals surface area contributed by atoms with E-state index in [-0.39, 0.29) is 16.6 Å². The van der Waals surface area contributed by atoms with Crippen LogP contribution in [-0.2, 0) is 0 Å². The van der Waals surface area contributed by atoms with E-state index in [1.165, 1.54) is 12.4 Å². The Balaban J connectivity index is 2.34. The first-order chi connectivity index (χ1) is 8.22. The molecule has 0 aliphatic rings. The molecule has 0 unspecified atom stereocenters. The summed E-state index contributed by atoms with van der Waals surface area (Å²) in [5.41, 5.74) is 0.646. The molecule has 0 aliphatic heterocycles. The van der Waals surface area contributed by atoms with Crippen LogP contribution in [0, 0.1) is 0 Å². The minimum Gasteiger partial charge on any atom is -0.497 e. The second kappa shape index (κ2) is 4.93. The molecule has 0 amide bonds. The number of hydrogen-bond donors (Lipinski definition) is 0. The number of halogens is 1. The lowest BCUT2D eigenvalue weighted by Gasteiger charge is -2.03. The van der Waals surface area contributed by atoms with E-state index in [9.17, 15) is 4.79 Å². The predicted molar refractivity (Wildman–Crippen MR) is 63.5 cm³/mol. The number of nitrogens with zero attached hydrogens (tertiary/aromatic N) is 2. The summed E-state index contributed by atoms with van der Waals surface area (Å²) < 4.78 is 5.01. The summed E-state index contributed by atoms with van der Waals surface area (Å²) in [6.45, 7) is 0. The third-order valence-corrected chi connectivity index (χ3v) is 2.50. The van der Waals surface area contributed by atoms with Crippen LogP contribution in [0.2, 0.25) is 5.15 Å². The average molecular weight is 249 g/mol. The maximum Gasteiger partial charge on any atom is 0.214 e. The van der Waals surface area contributed by atoms with Crippen LogP contribution < -0.4 is 4.74 Å². The SMILES string of the molecule is COc1ccc(C(=O)c2nccnc2Cl)cc1. The van der Waals surface area contributed by atoms with Gasteiger partial charge in [-0.2, -0.15) is 0 Å². The van der Waals surface area contributed by atoms with Gasteiger partial charge in [-0.15, -0.1) is 0 Å². The molecule has 0 saturated heterocycles. The van der Waals surface area contributed by atoms with Crippen LogP contribution in [0.4, 0.5) is 0 Å². The Morgan fingerprint density at radius 1 is 1.18 bits per heavy atom. The number of methoxy groups -OCH3 is 1. The van der Waals surface area contributed by atoms with Gasteiger partial charge in [0, 0.05) is 18.0 Å². The number of aromatic nitrogens is 2. The largest absolute Gasteiger partial charge is 0.497 e. The summed E-state index contributed by atoms with van der Waals surface area (Å²) in [5, 5.41) is 0.105. The third-order valence-electron chi connectivity index (χ3n) is 2.22. The molecule has 0 fully saturated rings. The number of benzene rings is 1. The van der Waals surface area contributed by atoms with Crippen LogP contribution in [-0.4, -0.2) is 22.9 Å². The van der Waals surface area contributed by atoms with Crippen molar-refractivity contribution in [2.24, 2.45) is 0 Å². The first kappa shape index (κ1) is 11.5. The van der Waals surface area contributed by atoms with E-state index >= 15 is 0 Å². The van der Waals surface area contributed by atoms with Gasteiger partial charge in [0.05, 0.1) is 7.11 Å². The second-order valence-corrected chi connectivity index (χ2v) is 3.61. The Kier molecular flexibility index (Phi) is 3.35. The van der Waals surface area contributed by atoms with Gasteiger partial charge in [0.2, 0.25) is 5.78 Å². The average Bonchev–Trinajstić information content (AvgIpc) is 2.39. The monoisotopic (exact) mass is 248 g/mol. The van der Waals surface area contributed by atoms with Crippen LogP contribution >= 0.6 is 11.6 Å². The highest BCUT2D eigenvalue weighted by molar-refractivity contribution is 6.33. The highest BCUT2D eigenvalue weighted by Crippen LogP contribution is 2.17.